The number of ether oxygens (including phenoxy) is 1. The summed E-state index contributed by atoms with van der Waals surface area (Å²) in [5.41, 5.74) is 1.59. The summed E-state index contributed by atoms with van der Waals surface area (Å²) in [6.07, 6.45) is 4.71. The molecule has 2 aromatic heterocycles. The lowest BCUT2D eigenvalue weighted by atomic mass is 10.1. The van der Waals surface area contributed by atoms with Crippen molar-refractivity contribution in [2.75, 3.05) is 33.3 Å². The second kappa shape index (κ2) is 8.48. The third-order valence-corrected chi connectivity index (χ3v) is 7.11. The van der Waals surface area contributed by atoms with Gasteiger partial charge in [-0.3, -0.25) is 14.5 Å². The Balaban J connectivity index is 1.52. The number of nitrogens with zero attached hydrogens (tertiary/aromatic N) is 5. The molecule has 0 atom stereocenters. The van der Waals surface area contributed by atoms with Crippen molar-refractivity contribution < 1.29 is 17.9 Å². The zero-order chi connectivity index (χ0) is 22.0. The third kappa shape index (κ3) is 4.17. The van der Waals surface area contributed by atoms with Crippen LogP contribution in [0.4, 0.5) is 0 Å². The molecule has 1 saturated heterocycles. The molecule has 1 fully saturated rings. The summed E-state index contributed by atoms with van der Waals surface area (Å²) in [7, 11) is -0.536. The van der Waals surface area contributed by atoms with Crippen LogP contribution in [-0.4, -0.2) is 71.6 Å². The molecule has 0 saturated carbocycles. The fraction of sp³-hybridized carbons (Fsp3) is 0.286. The van der Waals surface area contributed by atoms with Gasteiger partial charge in [-0.1, -0.05) is 6.07 Å². The van der Waals surface area contributed by atoms with E-state index < -0.39 is 10.0 Å². The molecule has 0 spiro atoms. The molecule has 0 N–H and O–H groups in total. The van der Waals surface area contributed by atoms with E-state index in [1.165, 1.54) is 15.2 Å². The summed E-state index contributed by atoms with van der Waals surface area (Å²) in [5, 5.41) is 4.35. The fourth-order valence-electron chi connectivity index (χ4n) is 3.57. The molecule has 162 valence electrons. The van der Waals surface area contributed by atoms with E-state index in [0.717, 1.165) is 0 Å². The van der Waals surface area contributed by atoms with E-state index in [0.29, 0.717) is 35.7 Å². The molecule has 0 unspecified atom stereocenters. The lowest BCUT2D eigenvalue weighted by molar-refractivity contribution is 0.0697. The Morgan fingerprint density at radius 2 is 1.77 bits per heavy atom. The highest BCUT2D eigenvalue weighted by Gasteiger charge is 2.33. The first-order valence-electron chi connectivity index (χ1n) is 9.77. The number of carbonyl (C=O) groups is 1. The Morgan fingerprint density at radius 3 is 2.45 bits per heavy atom. The second-order valence-electron chi connectivity index (χ2n) is 7.18. The topological polar surface area (TPSA) is 97.6 Å². The minimum atomic E-state index is -3.77. The van der Waals surface area contributed by atoms with Gasteiger partial charge in [0.05, 0.1) is 7.11 Å². The smallest absolute Gasteiger partial charge is 0.254 e. The summed E-state index contributed by atoms with van der Waals surface area (Å²) >= 11 is 0. The standard InChI is InChI=1S/C21H23N5O4S/c1-24-15-19(20(23-24)16-6-8-22-9-7-16)31(28,29)26-12-10-25(11-13-26)21(27)17-4-3-5-18(14-17)30-2/h3-9,14-15H,10-13H2,1-2H3. The highest BCUT2D eigenvalue weighted by molar-refractivity contribution is 7.89. The average Bonchev–Trinajstić information content (AvgIpc) is 3.22. The molecule has 0 radical (unpaired) electrons. The molecule has 9 nitrogen and oxygen atoms in total. The summed E-state index contributed by atoms with van der Waals surface area (Å²) < 4.78 is 34.8. The molecule has 0 aliphatic carbocycles. The van der Waals surface area contributed by atoms with Crippen molar-refractivity contribution in [3.8, 4) is 17.0 Å². The first-order valence-corrected chi connectivity index (χ1v) is 11.2. The van der Waals surface area contributed by atoms with E-state index >= 15 is 0 Å². The van der Waals surface area contributed by atoms with Crippen LogP contribution in [0.1, 0.15) is 10.4 Å². The number of aryl methyl sites for hydroxylation is 1. The van der Waals surface area contributed by atoms with Crippen LogP contribution in [0.5, 0.6) is 5.75 Å². The van der Waals surface area contributed by atoms with Gasteiger partial charge in [0.15, 0.2) is 0 Å². The van der Waals surface area contributed by atoms with Crippen LogP contribution in [0.3, 0.4) is 0 Å². The Labute approximate surface area is 180 Å². The summed E-state index contributed by atoms with van der Waals surface area (Å²) in [5.74, 6) is 0.460. The van der Waals surface area contributed by atoms with Crippen molar-refractivity contribution in [1.29, 1.82) is 0 Å². The van der Waals surface area contributed by atoms with Gasteiger partial charge in [0.2, 0.25) is 10.0 Å². The second-order valence-corrected chi connectivity index (χ2v) is 9.09. The molecule has 0 bridgehead atoms. The highest BCUT2D eigenvalue weighted by Crippen LogP contribution is 2.28. The van der Waals surface area contributed by atoms with Crippen LogP contribution < -0.4 is 4.74 Å². The van der Waals surface area contributed by atoms with E-state index in [4.69, 9.17) is 4.74 Å². The summed E-state index contributed by atoms with van der Waals surface area (Å²) in [6.45, 7) is 1.03. The fourth-order valence-corrected chi connectivity index (χ4v) is 5.19. The molecule has 3 heterocycles. The molecular formula is C21H23N5O4S. The number of amides is 1. The maximum absolute atomic E-state index is 13.4. The third-order valence-electron chi connectivity index (χ3n) is 5.21. The van der Waals surface area contributed by atoms with Gasteiger partial charge in [0.1, 0.15) is 16.3 Å². The van der Waals surface area contributed by atoms with Crippen molar-refractivity contribution in [1.82, 2.24) is 24.0 Å². The summed E-state index contributed by atoms with van der Waals surface area (Å²) in [6, 6.07) is 10.4. The number of hydrogen-bond donors (Lipinski definition) is 0. The predicted octanol–water partition coefficient (Wildman–Crippen LogP) is 1.64. The van der Waals surface area contributed by atoms with E-state index in [9.17, 15) is 13.2 Å². The zero-order valence-corrected chi connectivity index (χ0v) is 18.1. The van der Waals surface area contributed by atoms with Gasteiger partial charge in [-0.15, -0.1) is 0 Å². The first kappa shape index (κ1) is 21.0. The van der Waals surface area contributed by atoms with Gasteiger partial charge >= 0.3 is 0 Å². The van der Waals surface area contributed by atoms with Gasteiger partial charge in [0, 0.05) is 62.9 Å². The van der Waals surface area contributed by atoms with Gasteiger partial charge in [-0.05, 0) is 30.3 Å². The number of methoxy groups -OCH3 is 1. The van der Waals surface area contributed by atoms with Crippen molar-refractivity contribution in [2.24, 2.45) is 7.05 Å². The molecule has 31 heavy (non-hydrogen) atoms. The highest BCUT2D eigenvalue weighted by atomic mass is 32.2. The van der Waals surface area contributed by atoms with E-state index in [2.05, 4.69) is 10.1 Å². The van der Waals surface area contributed by atoms with Crippen LogP contribution in [0.25, 0.3) is 11.3 Å². The monoisotopic (exact) mass is 441 g/mol. The Hall–Kier alpha value is -3.24. The summed E-state index contributed by atoms with van der Waals surface area (Å²) in [4.78, 5) is 18.6. The number of hydrogen-bond acceptors (Lipinski definition) is 6. The van der Waals surface area contributed by atoms with Crippen LogP contribution in [0, 0.1) is 0 Å². The SMILES string of the molecule is COc1cccc(C(=O)N2CCN(S(=O)(=O)c3cn(C)nc3-c3ccncc3)CC2)c1. The van der Waals surface area contributed by atoms with Gasteiger partial charge < -0.3 is 9.64 Å². The lowest BCUT2D eigenvalue weighted by Crippen LogP contribution is -2.50. The number of rotatable bonds is 5. The van der Waals surface area contributed by atoms with E-state index in [-0.39, 0.29) is 23.9 Å². The average molecular weight is 442 g/mol. The largest absolute Gasteiger partial charge is 0.497 e. The van der Waals surface area contributed by atoms with Crippen molar-refractivity contribution >= 4 is 15.9 Å². The van der Waals surface area contributed by atoms with Gasteiger partial charge in [0.25, 0.3) is 5.91 Å². The molecule has 4 rings (SSSR count). The Morgan fingerprint density at radius 1 is 1.06 bits per heavy atom. The number of piperazine rings is 1. The Bertz CT molecular complexity index is 1190. The van der Waals surface area contributed by atoms with Gasteiger partial charge in [-0.2, -0.15) is 9.40 Å². The maximum Gasteiger partial charge on any atom is 0.254 e. The zero-order valence-electron chi connectivity index (χ0n) is 17.3. The van der Waals surface area contributed by atoms with Crippen LogP contribution in [-0.2, 0) is 17.1 Å². The molecule has 1 amide bonds. The Kier molecular flexibility index (Phi) is 5.75. The van der Waals surface area contributed by atoms with Crippen LogP contribution in [0.2, 0.25) is 0 Å². The van der Waals surface area contributed by atoms with E-state index in [1.54, 1.807) is 67.8 Å². The van der Waals surface area contributed by atoms with Crippen molar-refractivity contribution in [2.45, 2.75) is 4.90 Å². The first-order chi connectivity index (χ1) is 14.9. The van der Waals surface area contributed by atoms with Crippen molar-refractivity contribution in [3.05, 3.63) is 60.6 Å². The molecule has 1 aromatic carbocycles. The lowest BCUT2D eigenvalue weighted by Gasteiger charge is -2.34. The van der Waals surface area contributed by atoms with E-state index in [1.807, 2.05) is 0 Å². The quantitative estimate of drug-likeness (QED) is 0.597. The minimum absolute atomic E-state index is 0.144. The minimum Gasteiger partial charge on any atom is -0.497 e. The number of aromatic nitrogens is 3. The molecule has 1 aliphatic heterocycles. The molecule has 1 aliphatic rings. The molecular weight excluding hydrogens is 418 g/mol. The number of benzene rings is 1. The number of pyridine rings is 1. The predicted molar refractivity (Wildman–Crippen MR) is 114 cm³/mol. The van der Waals surface area contributed by atoms with Crippen molar-refractivity contribution in [3.63, 3.8) is 0 Å². The van der Waals surface area contributed by atoms with Crippen LogP contribution >= 0.6 is 0 Å². The van der Waals surface area contributed by atoms with Crippen LogP contribution in [0.15, 0.2) is 59.9 Å². The molecule has 3 aromatic rings. The number of sulfonamides is 1. The van der Waals surface area contributed by atoms with Gasteiger partial charge in [-0.25, -0.2) is 8.42 Å². The number of carbonyl (C=O) groups excluding carboxylic acids is 1. The maximum atomic E-state index is 13.4. The molecule has 10 heteroatoms. The normalized spacial score (nSPS) is 15.1.